The Morgan fingerprint density at radius 2 is 1.96 bits per heavy atom. The number of carboxylic acid groups (broad SMARTS) is 1. The fraction of sp³-hybridized carbons (Fsp3) is 0.381. The standard InChI is InChI=1S/C21H24N2O3/c1-15-4-7-17(8-5-15)18-11-19(13-22-12-18)21(26)23-10-2-3-16(14-23)6-9-20(24)25/h4-5,7-8,11-13,16H,2-3,6,9-10,14H2,1H3,(H,24,25). The van der Waals surface area contributed by atoms with E-state index in [9.17, 15) is 9.59 Å². The Bertz CT molecular complexity index is 786. The van der Waals surface area contributed by atoms with E-state index in [4.69, 9.17) is 5.11 Å². The molecule has 1 atom stereocenters. The number of carbonyl (C=O) groups excluding carboxylic acids is 1. The van der Waals surface area contributed by atoms with E-state index in [2.05, 4.69) is 4.98 Å². The molecule has 0 spiro atoms. The van der Waals surface area contributed by atoms with Gasteiger partial charge >= 0.3 is 5.97 Å². The number of aromatic nitrogens is 1. The number of carboxylic acids is 1. The third-order valence-corrected chi connectivity index (χ3v) is 4.94. The first-order valence-corrected chi connectivity index (χ1v) is 9.06. The molecule has 1 aliphatic rings. The van der Waals surface area contributed by atoms with Gasteiger partial charge in [0.25, 0.3) is 5.91 Å². The fourth-order valence-electron chi connectivity index (χ4n) is 3.46. The van der Waals surface area contributed by atoms with Crippen LogP contribution < -0.4 is 0 Å². The lowest BCUT2D eigenvalue weighted by Crippen LogP contribution is -2.40. The lowest BCUT2D eigenvalue weighted by molar-refractivity contribution is -0.137. The molecule has 2 aromatic rings. The molecule has 0 aliphatic carbocycles. The number of benzene rings is 1. The van der Waals surface area contributed by atoms with Gasteiger partial charge in [-0.25, -0.2) is 0 Å². The molecule has 0 radical (unpaired) electrons. The van der Waals surface area contributed by atoms with Gasteiger partial charge in [-0.3, -0.25) is 14.6 Å². The van der Waals surface area contributed by atoms with E-state index in [-0.39, 0.29) is 18.2 Å². The van der Waals surface area contributed by atoms with E-state index >= 15 is 0 Å². The van der Waals surface area contributed by atoms with Crippen molar-refractivity contribution in [2.24, 2.45) is 5.92 Å². The summed E-state index contributed by atoms with van der Waals surface area (Å²) in [5.74, 6) is -0.535. The highest BCUT2D eigenvalue weighted by atomic mass is 16.4. The number of piperidine rings is 1. The van der Waals surface area contributed by atoms with Crippen molar-refractivity contribution in [3.63, 3.8) is 0 Å². The Kier molecular flexibility index (Phi) is 5.66. The highest BCUT2D eigenvalue weighted by Crippen LogP contribution is 2.24. The number of nitrogens with zero attached hydrogens (tertiary/aromatic N) is 2. The molecule has 1 amide bonds. The molecule has 5 nitrogen and oxygen atoms in total. The van der Waals surface area contributed by atoms with Crippen molar-refractivity contribution in [1.29, 1.82) is 0 Å². The van der Waals surface area contributed by atoms with Crippen LogP contribution >= 0.6 is 0 Å². The molecule has 2 heterocycles. The normalized spacial score (nSPS) is 17.1. The summed E-state index contributed by atoms with van der Waals surface area (Å²) in [4.78, 5) is 29.8. The van der Waals surface area contributed by atoms with E-state index < -0.39 is 5.97 Å². The minimum atomic E-state index is -0.775. The van der Waals surface area contributed by atoms with Crippen molar-refractivity contribution in [3.8, 4) is 11.1 Å². The Morgan fingerprint density at radius 3 is 2.69 bits per heavy atom. The van der Waals surface area contributed by atoms with Gasteiger partial charge in [-0.1, -0.05) is 29.8 Å². The van der Waals surface area contributed by atoms with E-state index in [1.165, 1.54) is 5.56 Å². The number of carbonyl (C=O) groups is 2. The van der Waals surface area contributed by atoms with Crippen molar-refractivity contribution in [2.45, 2.75) is 32.6 Å². The monoisotopic (exact) mass is 352 g/mol. The van der Waals surface area contributed by atoms with Gasteiger partial charge in [-0.05, 0) is 43.7 Å². The van der Waals surface area contributed by atoms with E-state index in [0.29, 0.717) is 18.5 Å². The highest BCUT2D eigenvalue weighted by molar-refractivity contribution is 5.95. The maximum atomic E-state index is 12.9. The fourth-order valence-corrected chi connectivity index (χ4v) is 3.46. The van der Waals surface area contributed by atoms with Crippen LogP contribution in [0.1, 0.15) is 41.6 Å². The molecule has 0 saturated carbocycles. The molecule has 0 bridgehead atoms. The average molecular weight is 352 g/mol. The summed E-state index contributed by atoms with van der Waals surface area (Å²) in [6, 6.07) is 10.0. The van der Waals surface area contributed by atoms with Gasteiger partial charge in [0.15, 0.2) is 0 Å². The van der Waals surface area contributed by atoms with Crippen LogP contribution in [0.3, 0.4) is 0 Å². The zero-order valence-electron chi connectivity index (χ0n) is 15.0. The van der Waals surface area contributed by atoms with Crippen molar-refractivity contribution >= 4 is 11.9 Å². The van der Waals surface area contributed by atoms with E-state index in [1.54, 1.807) is 12.4 Å². The number of aryl methyl sites for hydroxylation is 1. The van der Waals surface area contributed by atoms with Crippen molar-refractivity contribution in [1.82, 2.24) is 9.88 Å². The maximum absolute atomic E-state index is 12.9. The topological polar surface area (TPSA) is 70.5 Å². The first-order valence-electron chi connectivity index (χ1n) is 9.06. The lowest BCUT2D eigenvalue weighted by Gasteiger charge is -2.32. The summed E-state index contributed by atoms with van der Waals surface area (Å²) in [6.07, 6.45) is 6.08. The quantitative estimate of drug-likeness (QED) is 0.889. The molecule has 1 aromatic heterocycles. The molecule has 136 valence electrons. The predicted octanol–water partition coefficient (Wildman–Crippen LogP) is 3.77. The second kappa shape index (κ2) is 8.13. The Morgan fingerprint density at radius 1 is 1.19 bits per heavy atom. The van der Waals surface area contributed by atoms with Crippen molar-refractivity contribution in [3.05, 3.63) is 53.9 Å². The summed E-state index contributed by atoms with van der Waals surface area (Å²) >= 11 is 0. The molecule has 26 heavy (non-hydrogen) atoms. The van der Waals surface area contributed by atoms with Crippen LogP contribution in [0.4, 0.5) is 0 Å². The van der Waals surface area contributed by atoms with Crippen LogP contribution in [0.2, 0.25) is 0 Å². The van der Waals surface area contributed by atoms with Crippen LogP contribution in [-0.4, -0.2) is 40.0 Å². The molecule has 1 fully saturated rings. The highest BCUT2D eigenvalue weighted by Gasteiger charge is 2.25. The van der Waals surface area contributed by atoms with Crippen LogP contribution in [0, 0.1) is 12.8 Å². The molecule has 5 heteroatoms. The number of amides is 1. The lowest BCUT2D eigenvalue weighted by atomic mass is 9.93. The van der Waals surface area contributed by atoms with Crippen LogP contribution in [0.5, 0.6) is 0 Å². The maximum Gasteiger partial charge on any atom is 0.303 e. The number of hydrogen-bond acceptors (Lipinski definition) is 3. The van der Waals surface area contributed by atoms with Gasteiger partial charge < -0.3 is 10.0 Å². The van der Waals surface area contributed by atoms with E-state index in [1.807, 2.05) is 42.2 Å². The van der Waals surface area contributed by atoms with Crippen molar-refractivity contribution < 1.29 is 14.7 Å². The Labute approximate surface area is 153 Å². The molecule has 1 unspecified atom stereocenters. The van der Waals surface area contributed by atoms with Gasteiger partial charge in [-0.15, -0.1) is 0 Å². The second-order valence-electron chi connectivity index (χ2n) is 7.02. The second-order valence-corrected chi connectivity index (χ2v) is 7.02. The summed E-state index contributed by atoms with van der Waals surface area (Å²) in [7, 11) is 0. The van der Waals surface area contributed by atoms with Gasteiger partial charge in [0.05, 0.1) is 5.56 Å². The Hall–Kier alpha value is -2.69. The first-order chi connectivity index (χ1) is 12.5. The van der Waals surface area contributed by atoms with Crippen molar-refractivity contribution in [2.75, 3.05) is 13.1 Å². The smallest absolute Gasteiger partial charge is 0.303 e. The summed E-state index contributed by atoms with van der Waals surface area (Å²) in [5.41, 5.74) is 3.74. The number of pyridine rings is 1. The van der Waals surface area contributed by atoms with Crippen LogP contribution in [0.15, 0.2) is 42.7 Å². The van der Waals surface area contributed by atoms with E-state index in [0.717, 1.165) is 30.5 Å². The number of hydrogen-bond donors (Lipinski definition) is 1. The zero-order chi connectivity index (χ0) is 18.5. The van der Waals surface area contributed by atoms with Crippen LogP contribution in [-0.2, 0) is 4.79 Å². The van der Waals surface area contributed by atoms with Crippen LogP contribution in [0.25, 0.3) is 11.1 Å². The predicted molar refractivity (Wildman–Crippen MR) is 99.9 cm³/mol. The number of rotatable bonds is 5. The minimum absolute atomic E-state index is 0.0218. The molecule has 1 N–H and O–H groups in total. The first kappa shape index (κ1) is 18.1. The van der Waals surface area contributed by atoms with Gasteiger partial charge in [0, 0.05) is 37.5 Å². The minimum Gasteiger partial charge on any atom is -0.481 e. The molecular weight excluding hydrogens is 328 g/mol. The van der Waals surface area contributed by atoms with Gasteiger partial charge in [-0.2, -0.15) is 0 Å². The van der Waals surface area contributed by atoms with Gasteiger partial charge in [0.2, 0.25) is 0 Å². The average Bonchev–Trinajstić information content (AvgIpc) is 2.67. The molecule has 3 rings (SSSR count). The molecule has 1 aliphatic heterocycles. The number of likely N-dealkylation sites (tertiary alicyclic amines) is 1. The third kappa shape index (κ3) is 4.48. The Balaban J connectivity index is 1.72. The SMILES string of the molecule is Cc1ccc(-c2cncc(C(=O)N3CCCC(CCC(=O)O)C3)c2)cc1. The summed E-state index contributed by atoms with van der Waals surface area (Å²) in [5, 5.41) is 8.86. The third-order valence-electron chi connectivity index (χ3n) is 4.94. The summed E-state index contributed by atoms with van der Waals surface area (Å²) in [6.45, 7) is 3.39. The molecular formula is C21H24N2O3. The largest absolute Gasteiger partial charge is 0.481 e. The summed E-state index contributed by atoms with van der Waals surface area (Å²) < 4.78 is 0. The number of aliphatic carboxylic acids is 1. The van der Waals surface area contributed by atoms with Gasteiger partial charge in [0.1, 0.15) is 0 Å². The molecule has 1 aromatic carbocycles. The molecule has 1 saturated heterocycles. The zero-order valence-corrected chi connectivity index (χ0v) is 15.0.